The third kappa shape index (κ3) is 3.39. The normalized spacial score (nSPS) is 16.9. The van der Waals surface area contributed by atoms with Crippen molar-refractivity contribution in [3.05, 3.63) is 29.7 Å². The minimum atomic E-state index is 0.374. The van der Waals surface area contributed by atoms with E-state index in [0.29, 0.717) is 17.9 Å². The number of likely N-dealkylation sites (tertiary alicyclic amines) is 1. The van der Waals surface area contributed by atoms with E-state index in [1.54, 1.807) is 7.11 Å². The standard InChI is InChI=1S/C18H25N3O2/c1-12(2)21-9-7-14(8-10-21)17-19-20-18(23-17)15-6-5-13(3)16(11-15)22-4/h5-6,11-12,14H,7-10H2,1-4H3. The van der Waals surface area contributed by atoms with Crippen molar-refractivity contribution in [3.8, 4) is 17.2 Å². The molecule has 0 N–H and O–H groups in total. The molecule has 1 saturated heterocycles. The van der Waals surface area contributed by atoms with Crippen LogP contribution in [0, 0.1) is 6.92 Å². The third-order valence-electron chi connectivity index (χ3n) is 4.70. The molecule has 0 unspecified atom stereocenters. The molecule has 5 nitrogen and oxygen atoms in total. The number of methoxy groups -OCH3 is 1. The van der Waals surface area contributed by atoms with Gasteiger partial charge in [0.2, 0.25) is 11.8 Å². The molecule has 0 bridgehead atoms. The zero-order chi connectivity index (χ0) is 16.4. The van der Waals surface area contributed by atoms with Gasteiger partial charge in [-0.05, 0) is 64.4 Å². The summed E-state index contributed by atoms with van der Waals surface area (Å²) in [5.41, 5.74) is 2.00. The van der Waals surface area contributed by atoms with Crippen molar-refractivity contribution >= 4 is 0 Å². The first-order valence-electron chi connectivity index (χ1n) is 8.31. The molecule has 1 aromatic heterocycles. The minimum Gasteiger partial charge on any atom is -0.496 e. The number of piperidine rings is 1. The lowest BCUT2D eigenvalue weighted by molar-refractivity contribution is 0.163. The summed E-state index contributed by atoms with van der Waals surface area (Å²) in [6.07, 6.45) is 2.16. The van der Waals surface area contributed by atoms with Crippen LogP contribution in [0.3, 0.4) is 0 Å². The van der Waals surface area contributed by atoms with Crippen molar-refractivity contribution in [2.45, 2.75) is 45.6 Å². The molecule has 0 radical (unpaired) electrons. The molecule has 5 heteroatoms. The van der Waals surface area contributed by atoms with Gasteiger partial charge < -0.3 is 14.1 Å². The van der Waals surface area contributed by atoms with Gasteiger partial charge in [0.05, 0.1) is 7.11 Å². The third-order valence-corrected chi connectivity index (χ3v) is 4.70. The quantitative estimate of drug-likeness (QED) is 0.862. The van der Waals surface area contributed by atoms with Gasteiger partial charge in [-0.2, -0.15) is 0 Å². The number of benzene rings is 1. The van der Waals surface area contributed by atoms with Gasteiger partial charge in [0, 0.05) is 17.5 Å². The molecule has 2 aromatic rings. The van der Waals surface area contributed by atoms with Gasteiger partial charge in [-0.1, -0.05) is 6.07 Å². The molecule has 2 heterocycles. The van der Waals surface area contributed by atoms with E-state index >= 15 is 0 Å². The minimum absolute atomic E-state index is 0.374. The highest BCUT2D eigenvalue weighted by atomic mass is 16.5. The van der Waals surface area contributed by atoms with Crippen LogP contribution in [0.5, 0.6) is 5.75 Å². The fourth-order valence-corrected chi connectivity index (χ4v) is 3.13. The molecule has 3 rings (SSSR count). The van der Waals surface area contributed by atoms with E-state index in [1.807, 2.05) is 25.1 Å². The fraction of sp³-hybridized carbons (Fsp3) is 0.556. The van der Waals surface area contributed by atoms with Gasteiger partial charge in [0.1, 0.15) is 5.75 Å². The van der Waals surface area contributed by atoms with Crippen LogP contribution in [0.15, 0.2) is 22.6 Å². The lowest BCUT2D eigenvalue weighted by Gasteiger charge is -2.33. The van der Waals surface area contributed by atoms with Crippen LogP contribution in [-0.4, -0.2) is 41.3 Å². The number of aromatic nitrogens is 2. The number of hydrogen-bond donors (Lipinski definition) is 0. The predicted octanol–water partition coefficient (Wildman–Crippen LogP) is 3.64. The van der Waals surface area contributed by atoms with Crippen LogP contribution in [-0.2, 0) is 0 Å². The molecule has 124 valence electrons. The van der Waals surface area contributed by atoms with Gasteiger partial charge in [0.25, 0.3) is 0 Å². The molecule has 1 aliphatic heterocycles. The highest BCUT2D eigenvalue weighted by molar-refractivity contribution is 5.57. The molecule has 23 heavy (non-hydrogen) atoms. The summed E-state index contributed by atoms with van der Waals surface area (Å²) in [6.45, 7) is 8.70. The monoisotopic (exact) mass is 315 g/mol. The van der Waals surface area contributed by atoms with Crippen LogP contribution in [0.1, 0.15) is 44.1 Å². The average molecular weight is 315 g/mol. The summed E-state index contributed by atoms with van der Waals surface area (Å²) < 4.78 is 11.3. The molecular formula is C18H25N3O2. The van der Waals surface area contributed by atoms with Gasteiger partial charge in [-0.15, -0.1) is 10.2 Å². The van der Waals surface area contributed by atoms with Crippen LogP contribution in [0.25, 0.3) is 11.5 Å². The molecule has 0 atom stereocenters. The van der Waals surface area contributed by atoms with E-state index in [0.717, 1.165) is 48.7 Å². The first-order chi connectivity index (χ1) is 11.1. The van der Waals surface area contributed by atoms with Crippen molar-refractivity contribution in [1.29, 1.82) is 0 Å². The number of hydrogen-bond acceptors (Lipinski definition) is 5. The van der Waals surface area contributed by atoms with E-state index in [2.05, 4.69) is 28.9 Å². The van der Waals surface area contributed by atoms with Gasteiger partial charge >= 0.3 is 0 Å². The van der Waals surface area contributed by atoms with Gasteiger partial charge in [0.15, 0.2) is 0 Å². The molecule has 0 amide bonds. The second kappa shape index (κ2) is 6.71. The van der Waals surface area contributed by atoms with Crippen molar-refractivity contribution in [2.24, 2.45) is 0 Å². The Morgan fingerprint density at radius 2 is 1.96 bits per heavy atom. The van der Waals surface area contributed by atoms with E-state index in [4.69, 9.17) is 9.15 Å². The average Bonchev–Trinajstić information content (AvgIpc) is 3.05. The lowest BCUT2D eigenvalue weighted by Crippen LogP contribution is -2.37. The maximum atomic E-state index is 5.95. The highest BCUT2D eigenvalue weighted by Crippen LogP contribution is 2.31. The zero-order valence-electron chi connectivity index (χ0n) is 14.4. The first kappa shape index (κ1) is 16.0. The molecule has 1 fully saturated rings. The highest BCUT2D eigenvalue weighted by Gasteiger charge is 2.26. The maximum Gasteiger partial charge on any atom is 0.247 e. The molecule has 0 spiro atoms. The number of nitrogens with zero attached hydrogens (tertiary/aromatic N) is 3. The van der Waals surface area contributed by atoms with Crippen molar-refractivity contribution in [2.75, 3.05) is 20.2 Å². The summed E-state index contributed by atoms with van der Waals surface area (Å²) in [4.78, 5) is 2.50. The Labute approximate surface area is 137 Å². The van der Waals surface area contributed by atoms with E-state index < -0.39 is 0 Å². The summed E-state index contributed by atoms with van der Waals surface area (Å²) in [7, 11) is 1.67. The zero-order valence-corrected chi connectivity index (χ0v) is 14.4. The Hall–Kier alpha value is -1.88. The van der Waals surface area contributed by atoms with Crippen LogP contribution in [0.4, 0.5) is 0 Å². The molecule has 0 aliphatic carbocycles. The number of aryl methyl sites for hydroxylation is 1. The maximum absolute atomic E-state index is 5.95. The van der Waals surface area contributed by atoms with Crippen molar-refractivity contribution in [1.82, 2.24) is 15.1 Å². The Morgan fingerprint density at radius 1 is 1.22 bits per heavy atom. The summed E-state index contributed by atoms with van der Waals surface area (Å²) >= 11 is 0. The SMILES string of the molecule is COc1cc(-c2nnc(C3CCN(C(C)C)CC3)o2)ccc1C. The second-order valence-electron chi connectivity index (χ2n) is 6.53. The smallest absolute Gasteiger partial charge is 0.247 e. The largest absolute Gasteiger partial charge is 0.496 e. The molecule has 1 aromatic carbocycles. The first-order valence-corrected chi connectivity index (χ1v) is 8.31. The Morgan fingerprint density at radius 3 is 2.61 bits per heavy atom. The van der Waals surface area contributed by atoms with Gasteiger partial charge in [-0.3, -0.25) is 0 Å². The fourth-order valence-electron chi connectivity index (χ4n) is 3.13. The Bertz CT molecular complexity index is 658. The van der Waals surface area contributed by atoms with Crippen LogP contribution in [0.2, 0.25) is 0 Å². The topological polar surface area (TPSA) is 51.4 Å². The summed E-state index contributed by atoms with van der Waals surface area (Å²) in [5, 5.41) is 8.52. The Balaban J connectivity index is 1.74. The predicted molar refractivity (Wildman–Crippen MR) is 89.7 cm³/mol. The molecular weight excluding hydrogens is 290 g/mol. The molecule has 1 aliphatic rings. The van der Waals surface area contributed by atoms with E-state index in [1.165, 1.54) is 0 Å². The number of ether oxygens (including phenoxy) is 1. The molecule has 0 saturated carbocycles. The number of rotatable bonds is 4. The van der Waals surface area contributed by atoms with Crippen molar-refractivity contribution < 1.29 is 9.15 Å². The summed E-state index contributed by atoms with van der Waals surface area (Å²) in [5.74, 6) is 2.55. The lowest BCUT2D eigenvalue weighted by atomic mass is 9.96. The summed E-state index contributed by atoms with van der Waals surface area (Å²) in [6, 6.07) is 6.57. The van der Waals surface area contributed by atoms with Crippen LogP contribution < -0.4 is 4.74 Å². The van der Waals surface area contributed by atoms with Crippen molar-refractivity contribution in [3.63, 3.8) is 0 Å². The Kier molecular flexibility index (Phi) is 4.66. The van der Waals surface area contributed by atoms with E-state index in [-0.39, 0.29) is 0 Å². The van der Waals surface area contributed by atoms with Crippen LogP contribution >= 0.6 is 0 Å². The second-order valence-corrected chi connectivity index (χ2v) is 6.53. The van der Waals surface area contributed by atoms with E-state index in [9.17, 15) is 0 Å². The van der Waals surface area contributed by atoms with Gasteiger partial charge in [-0.25, -0.2) is 0 Å².